The second-order valence-electron chi connectivity index (χ2n) is 5.11. The summed E-state index contributed by atoms with van der Waals surface area (Å²) in [6, 6.07) is 7.02. The van der Waals surface area contributed by atoms with Gasteiger partial charge in [-0.05, 0) is 30.4 Å². The van der Waals surface area contributed by atoms with Crippen LogP contribution < -0.4 is 4.72 Å². The third-order valence-corrected chi connectivity index (χ3v) is 4.64. The Labute approximate surface area is 104 Å². The molecule has 0 atom stereocenters. The van der Waals surface area contributed by atoms with Gasteiger partial charge < -0.3 is 0 Å². The van der Waals surface area contributed by atoms with Gasteiger partial charge in [-0.15, -0.1) is 0 Å². The minimum atomic E-state index is -3.38. The van der Waals surface area contributed by atoms with E-state index in [1.54, 1.807) is 25.1 Å². The maximum Gasteiger partial charge on any atom is 0.240 e. The van der Waals surface area contributed by atoms with Crippen LogP contribution in [0.3, 0.4) is 0 Å². The summed E-state index contributed by atoms with van der Waals surface area (Å²) in [5, 5.41) is 0. The molecule has 0 radical (unpaired) electrons. The minimum Gasteiger partial charge on any atom is -0.211 e. The van der Waals surface area contributed by atoms with E-state index in [1.807, 2.05) is 19.9 Å². The smallest absolute Gasteiger partial charge is 0.211 e. The summed E-state index contributed by atoms with van der Waals surface area (Å²) in [5.74, 6) is 0. The van der Waals surface area contributed by atoms with Crippen molar-refractivity contribution in [2.24, 2.45) is 5.41 Å². The Balaban J connectivity index is 2.88. The van der Waals surface area contributed by atoms with Gasteiger partial charge in [0.1, 0.15) is 0 Å². The molecule has 3 nitrogen and oxygen atoms in total. The molecule has 0 saturated carbocycles. The first kappa shape index (κ1) is 14.2. The highest BCUT2D eigenvalue weighted by Crippen LogP contribution is 2.20. The van der Waals surface area contributed by atoms with Gasteiger partial charge in [-0.3, -0.25) is 0 Å². The van der Waals surface area contributed by atoms with Crippen LogP contribution >= 0.6 is 0 Å². The molecule has 0 saturated heterocycles. The number of aryl methyl sites for hydroxylation is 1. The lowest BCUT2D eigenvalue weighted by Gasteiger charge is -2.23. The van der Waals surface area contributed by atoms with Gasteiger partial charge in [-0.25, -0.2) is 13.1 Å². The minimum absolute atomic E-state index is 0.0181. The molecule has 0 aliphatic carbocycles. The molecule has 0 unspecified atom stereocenters. The van der Waals surface area contributed by atoms with Crippen LogP contribution in [-0.4, -0.2) is 15.0 Å². The van der Waals surface area contributed by atoms with Crippen molar-refractivity contribution in [3.05, 3.63) is 29.8 Å². The van der Waals surface area contributed by atoms with Crippen LogP contribution in [0, 0.1) is 12.3 Å². The molecule has 1 rings (SSSR count). The van der Waals surface area contributed by atoms with Crippen molar-refractivity contribution < 1.29 is 8.42 Å². The zero-order valence-electron chi connectivity index (χ0n) is 10.9. The molecule has 17 heavy (non-hydrogen) atoms. The number of nitrogens with one attached hydrogen (secondary N) is 1. The molecule has 96 valence electrons. The van der Waals surface area contributed by atoms with Crippen LogP contribution in [0.25, 0.3) is 0 Å². The van der Waals surface area contributed by atoms with E-state index < -0.39 is 10.0 Å². The van der Waals surface area contributed by atoms with Crippen LogP contribution in [0.1, 0.15) is 32.8 Å². The zero-order chi connectivity index (χ0) is 13.1. The molecule has 4 heteroatoms. The summed E-state index contributed by atoms with van der Waals surface area (Å²) in [4.78, 5) is 0.368. The average Bonchev–Trinajstić information content (AvgIpc) is 2.27. The number of sulfonamides is 1. The fraction of sp³-hybridized carbons (Fsp3) is 0.538. The highest BCUT2D eigenvalue weighted by atomic mass is 32.2. The van der Waals surface area contributed by atoms with Crippen molar-refractivity contribution in [2.45, 2.75) is 39.0 Å². The molecule has 0 amide bonds. The highest BCUT2D eigenvalue weighted by molar-refractivity contribution is 7.89. The van der Waals surface area contributed by atoms with Crippen molar-refractivity contribution in [1.82, 2.24) is 4.72 Å². The number of rotatable bonds is 5. The lowest BCUT2D eigenvalue weighted by Crippen LogP contribution is -2.33. The Kier molecular flexibility index (Phi) is 4.33. The number of hydrogen-bond acceptors (Lipinski definition) is 2. The van der Waals surface area contributed by atoms with Gasteiger partial charge in [0.2, 0.25) is 10.0 Å². The maximum absolute atomic E-state index is 12.1. The van der Waals surface area contributed by atoms with Crippen molar-refractivity contribution in [2.75, 3.05) is 6.54 Å². The van der Waals surface area contributed by atoms with Gasteiger partial charge in [-0.1, -0.05) is 39.0 Å². The molecule has 1 N–H and O–H groups in total. The van der Waals surface area contributed by atoms with Gasteiger partial charge in [0.15, 0.2) is 0 Å². The van der Waals surface area contributed by atoms with E-state index in [2.05, 4.69) is 11.6 Å². The van der Waals surface area contributed by atoms with Crippen molar-refractivity contribution in [3.8, 4) is 0 Å². The topological polar surface area (TPSA) is 46.2 Å². The summed E-state index contributed by atoms with van der Waals surface area (Å²) >= 11 is 0. The van der Waals surface area contributed by atoms with E-state index in [-0.39, 0.29) is 5.41 Å². The summed E-state index contributed by atoms with van der Waals surface area (Å²) < 4.78 is 26.9. The summed E-state index contributed by atoms with van der Waals surface area (Å²) in [7, 11) is -3.38. The second-order valence-corrected chi connectivity index (χ2v) is 6.84. The van der Waals surface area contributed by atoms with Crippen LogP contribution in [-0.2, 0) is 10.0 Å². The third-order valence-electron chi connectivity index (χ3n) is 3.08. The molecular formula is C13H21NO2S. The van der Waals surface area contributed by atoms with Gasteiger partial charge in [0, 0.05) is 6.54 Å². The molecule has 0 heterocycles. The lowest BCUT2D eigenvalue weighted by atomic mass is 9.91. The Hall–Kier alpha value is -0.870. The van der Waals surface area contributed by atoms with E-state index in [1.165, 1.54) is 0 Å². The van der Waals surface area contributed by atoms with Crippen LogP contribution in [0.2, 0.25) is 0 Å². The van der Waals surface area contributed by atoms with Crippen molar-refractivity contribution >= 4 is 10.0 Å². The summed E-state index contributed by atoms with van der Waals surface area (Å²) in [6.45, 7) is 8.42. The Morgan fingerprint density at radius 3 is 2.35 bits per heavy atom. The van der Waals surface area contributed by atoms with E-state index in [9.17, 15) is 8.42 Å². The predicted octanol–water partition coefficient (Wildman–Crippen LogP) is 2.71. The summed E-state index contributed by atoms with van der Waals surface area (Å²) in [6.07, 6.45) is 0.934. The Morgan fingerprint density at radius 1 is 1.24 bits per heavy atom. The summed E-state index contributed by atoms with van der Waals surface area (Å²) in [5.41, 5.74) is 0.754. The van der Waals surface area contributed by atoms with E-state index in [4.69, 9.17) is 0 Å². The van der Waals surface area contributed by atoms with Gasteiger partial charge in [-0.2, -0.15) is 0 Å². The van der Waals surface area contributed by atoms with E-state index in [0.29, 0.717) is 11.4 Å². The Bertz CT molecular complexity index is 478. The molecule has 0 fully saturated rings. The first-order valence-corrected chi connectivity index (χ1v) is 7.32. The molecule has 1 aromatic carbocycles. The predicted molar refractivity (Wildman–Crippen MR) is 70.4 cm³/mol. The molecule has 0 aliphatic heterocycles. The van der Waals surface area contributed by atoms with Crippen LogP contribution in [0.5, 0.6) is 0 Å². The monoisotopic (exact) mass is 255 g/mol. The first-order valence-electron chi connectivity index (χ1n) is 5.84. The van der Waals surface area contributed by atoms with Gasteiger partial charge in [0.25, 0.3) is 0 Å². The quantitative estimate of drug-likeness (QED) is 0.879. The second kappa shape index (κ2) is 5.19. The van der Waals surface area contributed by atoms with E-state index >= 15 is 0 Å². The largest absolute Gasteiger partial charge is 0.240 e. The van der Waals surface area contributed by atoms with Gasteiger partial charge >= 0.3 is 0 Å². The lowest BCUT2D eigenvalue weighted by molar-refractivity contribution is 0.350. The highest BCUT2D eigenvalue weighted by Gasteiger charge is 2.21. The maximum atomic E-state index is 12.1. The molecule has 0 spiro atoms. The van der Waals surface area contributed by atoms with Crippen LogP contribution in [0.15, 0.2) is 29.2 Å². The zero-order valence-corrected chi connectivity index (χ0v) is 11.8. The normalized spacial score (nSPS) is 12.7. The SMILES string of the molecule is CCC(C)(C)CNS(=O)(=O)c1ccccc1C. The fourth-order valence-electron chi connectivity index (χ4n) is 1.35. The standard InChI is InChI=1S/C13H21NO2S/c1-5-13(3,4)10-14-17(15,16)12-9-7-6-8-11(12)2/h6-9,14H,5,10H2,1-4H3. The third kappa shape index (κ3) is 3.82. The Morgan fingerprint density at radius 2 is 1.82 bits per heavy atom. The van der Waals surface area contributed by atoms with Crippen LogP contribution in [0.4, 0.5) is 0 Å². The molecule has 0 aromatic heterocycles. The molecular weight excluding hydrogens is 234 g/mol. The fourth-order valence-corrected chi connectivity index (χ4v) is 2.84. The molecule has 0 bridgehead atoms. The van der Waals surface area contributed by atoms with Gasteiger partial charge in [0.05, 0.1) is 4.90 Å². The molecule has 1 aromatic rings. The average molecular weight is 255 g/mol. The first-order chi connectivity index (χ1) is 7.78. The van der Waals surface area contributed by atoms with Crippen molar-refractivity contribution in [1.29, 1.82) is 0 Å². The number of hydrogen-bond donors (Lipinski definition) is 1. The molecule has 0 aliphatic rings. The van der Waals surface area contributed by atoms with E-state index in [0.717, 1.165) is 12.0 Å². The number of benzene rings is 1. The van der Waals surface area contributed by atoms with Crippen molar-refractivity contribution in [3.63, 3.8) is 0 Å².